The summed E-state index contributed by atoms with van der Waals surface area (Å²) in [6, 6.07) is 15.9. The van der Waals surface area contributed by atoms with Gasteiger partial charge in [-0.3, -0.25) is 0 Å². The van der Waals surface area contributed by atoms with Gasteiger partial charge in [-0.1, -0.05) is 49.7 Å². The van der Waals surface area contributed by atoms with Crippen LogP contribution in [0.1, 0.15) is 106 Å². The Hall–Kier alpha value is -1.67. The molecule has 0 amide bonds. The van der Waals surface area contributed by atoms with E-state index in [1.807, 2.05) is 12.1 Å². The van der Waals surface area contributed by atoms with Crippen molar-refractivity contribution in [2.45, 2.75) is 89.1 Å². The molecule has 0 aliphatic heterocycles. The fourth-order valence-corrected chi connectivity index (χ4v) is 5.81. The number of hydrogen-bond donors (Lipinski definition) is 1. The minimum atomic E-state index is -0.359. The maximum atomic E-state index is 13.2. The van der Waals surface area contributed by atoms with E-state index in [0.29, 0.717) is 17.8 Å². The van der Waals surface area contributed by atoms with E-state index < -0.39 is 0 Å². The standard InChI is InChI=1S/C28H37FO/c1-2-20-3-7-22(8-4-20)24-11-13-26(14-12-24)28(30)19-21-5-9-23(10-6-21)25-15-17-27(29)18-16-25/h11-18,20-23,28,30H,2-10,19H2,1H3. The topological polar surface area (TPSA) is 20.2 Å². The molecule has 0 bridgehead atoms. The molecule has 1 nitrogen and oxygen atoms in total. The third kappa shape index (κ3) is 5.32. The highest BCUT2D eigenvalue weighted by Gasteiger charge is 2.25. The van der Waals surface area contributed by atoms with Crippen LogP contribution in [0.5, 0.6) is 0 Å². The summed E-state index contributed by atoms with van der Waals surface area (Å²) in [4.78, 5) is 0. The fourth-order valence-electron chi connectivity index (χ4n) is 5.81. The van der Waals surface area contributed by atoms with Crippen molar-refractivity contribution in [1.29, 1.82) is 0 Å². The molecule has 2 aromatic rings. The van der Waals surface area contributed by atoms with Crippen LogP contribution in [0, 0.1) is 17.7 Å². The van der Waals surface area contributed by atoms with Crippen LogP contribution in [0.15, 0.2) is 48.5 Å². The normalized spacial score (nSPS) is 28.2. The average Bonchev–Trinajstić information content (AvgIpc) is 2.80. The number of rotatable bonds is 6. The van der Waals surface area contributed by atoms with Gasteiger partial charge in [-0.05, 0) is 110 Å². The highest BCUT2D eigenvalue weighted by molar-refractivity contribution is 5.27. The first kappa shape index (κ1) is 21.6. The van der Waals surface area contributed by atoms with Crippen molar-refractivity contribution < 1.29 is 9.50 Å². The van der Waals surface area contributed by atoms with Crippen molar-refractivity contribution >= 4 is 0 Å². The summed E-state index contributed by atoms with van der Waals surface area (Å²) in [5.41, 5.74) is 3.79. The van der Waals surface area contributed by atoms with E-state index in [1.165, 1.54) is 43.2 Å². The van der Waals surface area contributed by atoms with Gasteiger partial charge in [0.25, 0.3) is 0 Å². The molecule has 1 N–H and O–H groups in total. The Bertz CT molecular complexity index is 765. The summed E-state index contributed by atoms with van der Waals surface area (Å²) in [6.07, 6.45) is 11.8. The zero-order valence-corrected chi connectivity index (χ0v) is 18.4. The van der Waals surface area contributed by atoms with Gasteiger partial charge in [0.1, 0.15) is 5.82 Å². The van der Waals surface area contributed by atoms with Crippen LogP contribution in [-0.4, -0.2) is 5.11 Å². The number of aliphatic hydroxyl groups is 1. The second kappa shape index (κ2) is 10.1. The van der Waals surface area contributed by atoms with Gasteiger partial charge in [-0.2, -0.15) is 0 Å². The number of benzene rings is 2. The van der Waals surface area contributed by atoms with Crippen molar-refractivity contribution in [3.63, 3.8) is 0 Å². The lowest BCUT2D eigenvalue weighted by molar-refractivity contribution is 0.128. The molecule has 2 aliphatic rings. The molecule has 0 radical (unpaired) electrons. The molecule has 2 fully saturated rings. The maximum absolute atomic E-state index is 13.2. The minimum absolute atomic E-state index is 0.157. The zero-order valence-electron chi connectivity index (χ0n) is 18.4. The van der Waals surface area contributed by atoms with Gasteiger partial charge >= 0.3 is 0 Å². The minimum Gasteiger partial charge on any atom is -0.388 e. The molecule has 2 saturated carbocycles. The first-order valence-corrected chi connectivity index (χ1v) is 12.2. The third-order valence-corrected chi connectivity index (χ3v) is 7.96. The Morgan fingerprint density at radius 3 is 1.70 bits per heavy atom. The third-order valence-electron chi connectivity index (χ3n) is 7.96. The van der Waals surface area contributed by atoms with Crippen molar-refractivity contribution in [2.24, 2.45) is 11.8 Å². The van der Waals surface area contributed by atoms with Crippen LogP contribution in [0.25, 0.3) is 0 Å². The molecule has 1 atom stereocenters. The van der Waals surface area contributed by atoms with Crippen LogP contribution < -0.4 is 0 Å². The van der Waals surface area contributed by atoms with E-state index in [9.17, 15) is 9.50 Å². The van der Waals surface area contributed by atoms with Crippen LogP contribution >= 0.6 is 0 Å². The molecule has 0 saturated heterocycles. The van der Waals surface area contributed by atoms with Gasteiger partial charge in [-0.25, -0.2) is 4.39 Å². The lowest BCUT2D eigenvalue weighted by Crippen LogP contribution is -2.16. The average molecular weight is 409 g/mol. The van der Waals surface area contributed by atoms with Crippen molar-refractivity contribution in [2.75, 3.05) is 0 Å². The molecule has 0 heterocycles. The van der Waals surface area contributed by atoms with Gasteiger partial charge in [-0.15, -0.1) is 0 Å². The Labute approximate surface area is 181 Å². The molecule has 162 valence electrons. The quantitative estimate of drug-likeness (QED) is 0.515. The molecule has 2 aliphatic carbocycles. The Balaban J connectivity index is 1.26. The molecule has 0 spiro atoms. The van der Waals surface area contributed by atoms with Crippen LogP contribution in [0.2, 0.25) is 0 Å². The Morgan fingerprint density at radius 2 is 1.20 bits per heavy atom. The Kier molecular flexibility index (Phi) is 7.25. The maximum Gasteiger partial charge on any atom is 0.123 e. The number of aliphatic hydroxyl groups excluding tert-OH is 1. The molecule has 0 aromatic heterocycles. The molecule has 1 unspecified atom stereocenters. The van der Waals surface area contributed by atoms with Gasteiger partial charge in [0, 0.05) is 0 Å². The molecule has 2 aromatic carbocycles. The van der Waals surface area contributed by atoms with Crippen molar-refractivity contribution in [1.82, 2.24) is 0 Å². The van der Waals surface area contributed by atoms with E-state index in [1.54, 1.807) is 12.1 Å². The van der Waals surface area contributed by atoms with Gasteiger partial charge in [0.05, 0.1) is 6.10 Å². The molecular weight excluding hydrogens is 371 g/mol. The zero-order chi connectivity index (χ0) is 20.9. The largest absolute Gasteiger partial charge is 0.388 e. The molecule has 4 rings (SSSR count). The SMILES string of the molecule is CCC1CCC(c2ccc(C(O)CC3CCC(c4ccc(F)cc4)CC3)cc2)CC1. The predicted molar refractivity (Wildman–Crippen MR) is 122 cm³/mol. The molecule has 30 heavy (non-hydrogen) atoms. The van der Waals surface area contributed by atoms with Gasteiger partial charge in [0.15, 0.2) is 0 Å². The van der Waals surface area contributed by atoms with Crippen molar-refractivity contribution in [3.8, 4) is 0 Å². The summed E-state index contributed by atoms with van der Waals surface area (Å²) < 4.78 is 13.2. The lowest BCUT2D eigenvalue weighted by atomic mass is 9.76. The first-order chi connectivity index (χ1) is 14.6. The van der Waals surface area contributed by atoms with E-state index >= 15 is 0 Å². The Morgan fingerprint density at radius 1 is 0.733 bits per heavy atom. The first-order valence-electron chi connectivity index (χ1n) is 12.2. The van der Waals surface area contributed by atoms with E-state index in [2.05, 4.69) is 31.2 Å². The van der Waals surface area contributed by atoms with Gasteiger partial charge in [0.2, 0.25) is 0 Å². The summed E-state index contributed by atoms with van der Waals surface area (Å²) in [6.45, 7) is 2.32. The summed E-state index contributed by atoms with van der Waals surface area (Å²) in [7, 11) is 0. The summed E-state index contributed by atoms with van der Waals surface area (Å²) >= 11 is 0. The summed E-state index contributed by atoms with van der Waals surface area (Å²) in [5, 5.41) is 10.8. The van der Waals surface area contributed by atoms with E-state index in [-0.39, 0.29) is 11.9 Å². The smallest absolute Gasteiger partial charge is 0.123 e. The second-order valence-electron chi connectivity index (χ2n) is 9.81. The second-order valence-corrected chi connectivity index (χ2v) is 9.81. The molecular formula is C28H37FO. The highest BCUT2D eigenvalue weighted by atomic mass is 19.1. The van der Waals surface area contributed by atoms with E-state index in [0.717, 1.165) is 43.6 Å². The summed E-state index contributed by atoms with van der Waals surface area (Å²) in [5.74, 6) is 2.61. The number of hydrogen-bond acceptors (Lipinski definition) is 1. The molecule has 2 heteroatoms. The lowest BCUT2D eigenvalue weighted by Gasteiger charge is -2.30. The fraction of sp³-hybridized carbons (Fsp3) is 0.571. The van der Waals surface area contributed by atoms with Gasteiger partial charge < -0.3 is 5.11 Å². The number of halogens is 1. The predicted octanol–water partition coefficient (Wildman–Crippen LogP) is 7.91. The monoisotopic (exact) mass is 408 g/mol. The van der Waals surface area contributed by atoms with Crippen molar-refractivity contribution in [3.05, 3.63) is 71.0 Å². The van der Waals surface area contributed by atoms with Crippen LogP contribution in [0.3, 0.4) is 0 Å². The highest BCUT2D eigenvalue weighted by Crippen LogP contribution is 2.40. The van der Waals surface area contributed by atoms with E-state index in [4.69, 9.17) is 0 Å². The van der Waals surface area contributed by atoms with Crippen LogP contribution in [-0.2, 0) is 0 Å². The van der Waals surface area contributed by atoms with Crippen LogP contribution in [0.4, 0.5) is 4.39 Å².